The molecule has 2 aromatic carbocycles. The first-order valence-corrected chi connectivity index (χ1v) is 10.0. The fourth-order valence-electron chi connectivity index (χ4n) is 3.53. The Hall–Kier alpha value is -4.07. The van der Waals surface area contributed by atoms with Gasteiger partial charge in [0.15, 0.2) is 5.58 Å². The van der Waals surface area contributed by atoms with Crippen molar-refractivity contribution < 1.29 is 18.4 Å². The van der Waals surface area contributed by atoms with Gasteiger partial charge in [-0.3, -0.25) is 9.36 Å². The third-order valence-corrected chi connectivity index (χ3v) is 5.30. The van der Waals surface area contributed by atoms with Crippen molar-refractivity contribution in [2.45, 2.75) is 19.8 Å². The van der Waals surface area contributed by atoms with Gasteiger partial charge in [0.1, 0.15) is 17.1 Å². The molecule has 1 N–H and O–H groups in total. The number of methoxy groups -OCH3 is 1. The number of carbonyl (C=O) groups excluding carboxylic acids is 1. The van der Waals surface area contributed by atoms with E-state index < -0.39 is 17.3 Å². The molecule has 2 heterocycles. The average molecular weight is 434 g/mol. The normalized spacial score (nSPS) is 11.0. The molecule has 0 aliphatic carbocycles. The maximum Gasteiger partial charge on any atom is 0.419 e. The summed E-state index contributed by atoms with van der Waals surface area (Å²) in [4.78, 5) is 36.9. The second-order valence-corrected chi connectivity index (χ2v) is 7.47. The first-order valence-electron chi connectivity index (χ1n) is 10.0. The van der Waals surface area contributed by atoms with E-state index in [0.29, 0.717) is 41.0 Å². The maximum absolute atomic E-state index is 12.7. The Bertz CT molecular complexity index is 1410. The van der Waals surface area contributed by atoms with Crippen molar-refractivity contribution in [2.24, 2.45) is 7.05 Å². The van der Waals surface area contributed by atoms with E-state index >= 15 is 0 Å². The Morgan fingerprint density at radius 2 is 1.78 bits per heavy atom. The molecule has 1 amide bonds. The predicted octanol–water partition coefficient (Wildman–Crippen LogP) is 3.44. The molecular weight excluding hydrogens is 412 g/mol. The number of nitrogens with zero attached hydrogens (tertiary/aromatic N) is 1. The molecule has 0 aliphatic rings. The van der Waals surface area contributed by atoms with Gasteiger partial charge < -0.3 is 18.9 Å². The van der Waals surface area contributed by atoms with E-state index in [1.807, 2.05) is 24.3 Å². The van der Waals surface area contributed by atoms with Crippen molar-refractivity contribution in [2.75, 3.05) is 12.4 Å². The monoisotopic (exact) mass is 434 g/mol. The summed E-state index contributed by atoms with van der Waals surface area (Å²) >= 11 is 0. The van der Waals surface area contributed by atoms with E-state index in [1.165, 1.54) is 10.6 Å². The van der Waals surface area contributed by atoms with Gasteiger partial charge >= 0.3 is 11.4 Å². The first kappa shape index (κ1) is 21.2. The minimum atomic E-state index is -0.695. The van der Waals surface area contributed by atoms with Crippen LogP contribution in [0.15, 0.2) is 67.0 Å². The van der Waals surface area contributed by atoms with Crippen LogP contribution in [0.3, 0.4) is 0 Å². The zero-order chi connectivity index (χ0) is 22.8. The van der Waals surface area contributed by atoms with E-state index in [4.69, 9.17) is 13.6 Å². The minimum absolute atomic E-state index is 0.0622. The van der Waals surface area contributed by atoms with Gasteiger partial charge in [-0.25, -0.2) is 9.59 Å². The molecule has 0 aliphatic heterocycles. The van der Waals surface area contributed by atoms with Crippen LogP contribution in [-0.4, -0.2) is 17.6 Å². The highest BCUT2D eigenvalue weighted by Crippen LogP contribution is 2.19. The van der Waals surface area contributed by atoms with Crippen molar-refractivity contribution in [3.63, 3.8) is 0 Å². The zero-order valence-corrected chi connectivity index (χ0v) is 17.9. The third kappa shape index (κ3) is 4.20. The Labute approximate surface area is 183 Å². The molecule has 0 fully saturated rings. The van der Waals surface area contributed by atoms with Crippen LogP contribution < -0.4 is 21.4 Å². The van der Waals surface area contributed by atoms with E-state index in [9.17, 15) is 14.4 Å². The molecule has 0 saturated carbocycles. The molecule has 0 saturated heterocycles. The molecule has 0 radical (unpaired) electrons. The smallest absolute Gasteiger partial charge is 0.419 e. The number of aryl methyl sites for hydroxylation is 4. The van der Waals surface area contributed by atoms with Crippen LogP contribution in [0.4, 0.5) is 5.69 Å². The summed E-state index contributed by atoms with van der Waals surface area (Å²) < 4.78 is 17.1. The maximum atomic E-state index is 12.7. The van der Waals surface area contributed by atoms with Crippen LogP contribution in [-0.2, 0) is 19.9 Å². The van der Waals surface area contributed by atoms with E-state index in [0.717, 1.165) is 11.3 Å². The van der Waals surface area contributed by atoms with Gasteiger partial charge in [0.25, 0.3) is 5.91 Å². The van der Waals surface area contributed by atoms with Crippen LogP contribution in [0.5, 0.6) is 5.75 Å². The number of ether oxygens (including phenoxy) is 1. The molecular formula is C24H22N2O6. The molecule has 0 bridgehead atoms. The van der Waals surface area contributed by atoms with Gasteiger partial charge in [0.2, 0.25) is 0 Å². The van der Waals surface area contributed by atoms with Gasteiger partial charge in [0.05, 0.1) is 12.6 Å². The number of carbonyl (C=O) groups is 1. The molecule has 0 spiro atoms. The van der Waals surface area contributed by atoms with Crippen LogP contribution in [0.2, 0.25) is 0 Å². The fraction of sp³-hybridized carbons (Fsp3) is 0.208. The molecule has 2 aromatic heterocycles. The lowest BCUT2D eigenvalue weighted by Gasteiger charge is -2.08. The average Bonchev–Trinajstić information content (AvgIpc) is 3.05. The summed E-state index contributed by atoms with van der Waals surface area (Å²) in [6.45, 7) is 1.70. The lowest BCUT2D eigenvalue weighted by atomic mass is 10.1. The highest BCUT2D eigenvalue weighted by Gasteiger charge is 2.18. The molecule has 8 heteroatoms. The van der Waals surface area contributed by atoms with Crippen LogP contribution in [0, 0.1) is 6.92 Å². The van der Waals surface area contributed by atoms with Gasteiger partial charge in [-0.2, -0.15) is 0 Å². The Morgan fingerprint density at radius 3 is 2.47 bits per heavy atom. The quantitative estimate of drug-likeness (QED) is 0.499. The molecule has 4 rings (SSSR count). The largest absolute Gasteiger partial charge is 0.497 e. The summed E-state index contributed by atoms with van der Waals surface area (Å²) in [7, 11) is 3.21. The summed E-state index contributed by atoms with van der Waals surface area (Å²) in [5.74, 6) is 0.202. The standard InChI is InChI=1S/C24H22N2O6/c1-14-12-18(10-6-15-4-8-17(30-3)9-5-15)31-23(28)21(14)22(27)25-16-7-11-19-20(13-16)32-24(29)26(19)2/h4-5,7-9,11-13H,6,10H2,1-3H3,(H,25,27). The van der Waals surface area contributed by atoms with E-state index in [1.54, 1.807) is 39.3 Å². The molecule has 0 unspecified atom stereocenters. The number of hydrogen-bond donors (Lipinski definition) is 1. The minimum Gasteiger partial charge on any atom is -0.497 e. The van der Waals surface area contributed by atoms with Crippen molar-refractivity contribution in [1.82, 2.24) is 4.57 Å². The third-order valence-electron chi connectivity index (χ3n) is 5.30. The van der Waals surface area contributed by atoms with Gasteiger partial charge in [-0.05, 0) is 54.8 Å². The number of hydrogen-bond acceptors (Lipinski definition) is 6. The summed E-state index contributed by atoms with van der Waals surface area (Å²) in [6.07, 6.45) is 1.20. The van der Waals surface area contributed by atoms with Gasteiger partial charge in [-0.15, -0.1) is 0 Å². The lowest BCUT2D eigenvalue weighted by molar-refractivity contribution is 0.102. The number of rotatable bonds is 6. The summed E-state index contributed by atoms with van der Waals surface area (Å²) in [5.41, 5.74) is 2.19. The summed E-state index contributed by atoms with van der Waals surface area (Å²) in [5, 5.41) is 2.67. The topological polar surface area (TPSA) is 104 Å². The second kappa shape index (κ2) is 8.58. The van der Waals surface area contributed by atoms with Crippen molar-refractivity contribution >= 4 is 22.7 Å². The molecule has 0 atom stereocenters. The highest BCUT2D eigenvalue weighted by molar-refractivity contribution is 6.05. The highest BCUT2D eigenvalue weighted by atomic mass is 16.5. The molecule has 32 heavy (non-hydrogen) atoms. The predicted molar refractivity (Wildman–Crippen MR) is 120 cm³/mol. The number of oxazole rings is 1. The Balaban J connectivity index is 1.50. The first-order chi connectivity index (χ1) is 15.4. The van der Waals surface area contributed by atoms with Gasteiger partial charge in [0, 0.05) is 25.2 Å². The number of fused-ring (bicyclic) bond motifs is 1. The van der Waals surface area contributed by atoms with Crippen molar-refractivity contribution in [3.05, 3.63) is 92.0 Å². The van der Waals surface area contributed by atoms with Crippen LogP contribution in [0.1, 0.15) is 27.2 Å². The fourth-order valence-corrected chi connectivity index (χ4v) is 3.53. The number of anilines is 1. The molecule has 164 valence electrons. The zero-order valence-electron chi connectivity index (χ0n) is 17.9. The van der Waals surface area contributed by atoms with Crippen molar-refractivity contribution in [3.8, 4) is 5.75 Å². The number of amides is 1. The van der Waals surface area contributed by atoms with Crippen LogP contribution >= 0.6 is 0 Å². The van der Waals surface area contributed by atoms with E-state index in [-0.39, 0.29) is 5.56 Å². The molecule has 4 aromatic rings. The van der Waals surface area contributed by atoms with Crippen molar-refractivity contribution in [1.29, 1.82) is 0 Å². The van der Waals surface area contributed by atoms with Crippen LogP contribution in [0.25, 0.3) is 11.1 Å². The number of aromatic nitrogens is 1. The van der Waals surface area contributed by atoms with E-state index in [2.05, 4.69) is 5.32 Å². The number of benzene rings is 2. The lowest BCUT2D eigenvalue weighted by Crippen LogP contribution is -2.23. The Morgan fingerprint density at radius 1 is 1.03 bits per heavy atom. The molecule has 8 nitrogen and oxygen atoms in total. The SMILES string of the molecule is COc1ccc(CCc2cc(C)c(C(=O)Nc3ccc4c(c3)oc(=O)n4C)c(=O)o2)cc1. The number of nitrogens with one attached hydrogen (secondary N) is 1. The van der Waals surface area contributed by atoms with Gasteiger partial charge in [-0.1, -0.05) is 12.1 Å². The second-order valence-electron chi connectivity index (χ2n) is 7.47. The Kier molecular flexibility index (Phi) is 5.68. The summed E-state index contributed by atoms with van der Waals surface area (Å²) in [6, 6.07) is 14.2.